The minimum Gasteiger partial charge on any atom is -0.481 e. The van der Waals surface area contributed by atoms with Crippen molar-refractivity contribution in [2.75, 3.05) is 5.32 Å². The van der Waals surface area contributed by atoms with Crippen LogP contribution in [0.15, 0.2) is 24.3 Å². The van der Waals surface area contributed by atoms with Gasteiger partial charge in [0.25, 0.3) is 0 Å². The lowest BCUT2D eigenvalue weighted by molar-refractivity contribution is -0.142. The number of hydrogen-bond donors (Lipinski definition) is 2. The van der Waals surface area contributed by atoms with E-state index in [1.807, 2.05) is 6.07 Å². The summed E-state index contributed by atoms with van der Waals surface area (Å²) in [5, 5.41) is 12.4. The van der Waals surface area contributed by atoms with Crippen molar-refractivity contribution in [1.82, 2.24) is 0 Å². The monoisotopic (exact) mass is 345 g/mol. The van der Waals surface area contributed by atoms with E-state index in [4.69, 9.17) is 5.11 Å². The van der Waals surface area contributed by atoms with Crippen LogP contribution in [-0.2, 0) is 4.79 Å². The smallest absolute Gasteiger partial charge is 0.306 e. The predicted octanol–water partition coefficient (Wildman–Crippen LogP) is 3.35. The van der Waals surface area contributed by atoms with Gasteiger partial charge in [0.1, 0.15) is 0 Å². The molecule has 3 nitrogen and oxygen atoms in total. The molecule has 0 amide bonds. The van der Waals surface area contributed by atoms with Gasteiger partial charge in [-0.25, -0.2) is 0 Å². The molecule has 0 heterocycles. The molecule has 4 heteroatoms. The Morgan fingerprint density at radius 1 is 1.29 bits per heavy atom. The van der Waals surface area contributed by atoms with Gasteiger partial charge in [-0.2, -0.15) is 0 Å². The molecule has 17 heavy (non-hydrogen) atoms. The third-order valence-corrected chi connectivity index (χ3v) is 3.94. The van der Waals surface area contributed by atoms with E-state index in [9.17, 15) is 4.79 Å². The molecule has 1 aromatic carbocycles. The van der Waals surface area contributed by atoms with Crippen LogP contribution in [0, 0.1) is 9.49 Å². The molecule has 0 aliphatic heterocycles. The third-order valence-electron chi connectivity index (χ3n) is 3.27. The maximum Gasteiger partial charge on any atom is 0.306 e. The third kappa shape index (κ3) is 3.59. The lowest BCUT2D eigenvalue weighted by Gasteiger charge is -2.27. The van der Waals surface area contributed by atoms with Crippen molar-refractivity contribution in [3.63, 3.8) is 0 Å². The molecule has 0 spiro atoms. The summed E-state index contributed by atoms with van der Waals surface area (Å²) in [5.74, 6) is -0.776. The van der Waals surface area contributed by atoms with Crippen LogP contribution >= 0.6 is 22.6 Å². The first kappa shape index (κ1) is 12.7. The van der Waals surface area contributed by atoms with Gasteiger partial charge in [-0.05, 0) is 66.5 Å². The maximum absolute atomic E-state index is 10.8. The highest BCUT2D eigenvalue weighted by molar-refractivity contribution is 14.1. The number of nitrogens with one attached hydrogen (secondary N) is 1. The molecule has 1 aliphatic carbocycles. The van der Waals surface area contributed by atoms with E-state index in [-0.39, 0.29) is 5.92 Å². The zero-order valence-electron chi connectivity index (χ0n) is 9.53. The Morgan fingerprint density at radius 3 is 2.59 bits per heavy atom. The summed E-state index contributed by atoms with van der Waals surface area (Å²) in [4.78, 5) is 10.8. The molecule has 0 bridgehead atoms. The summed E-state index contributed by atoms with van der Waals surface area (Å²) in [6.45, 7) is 0. The molecule has 1 saturated carbocycles. The van der Waals surface area contributed by atoms with Gasteiger partial charge in [0.2, 0.25) is 0 Å². The van der Waals surface area contributed by atoms with Crippen molar-refractivity contribution < 1.29 is 9.90 Å². The van der Waals surface area contributed by atoms with E-state index in [1.165, 1.54) is 3.57 Å². The molecular weight excluding hydrogens is 329 g/mol. The molecule has 0 atom stereocenters. The first-order chi connectivity index (χ1) is 8.15. The summed E-state index contributed by atoms with van der Waals surface area (Å²) >= 11 is 2.29. The van der Waals surface area contributed by atoms with Crippen LogP contribution in [0.3, 0.4) is 0 Å². The van der Waals surface area contributed by atoms with Crippen molar-refractivity contribution in [3.8, 4) is 0 Å². The topological polar surface area (TPSA) is 49.3 Å². The zero-order valence-corrected chi connectivity index (χ0v) is 11.7. The molecule has 92 valence electrons. The SMILES string of the molecule is O=C(O)C1CCC(Nc2cccc(I)c2)CC1. The summed E-state index contributed by atoms with van der Waals surface area (Å²) in [7, 11) is 0. The first-order valence-electron chi connectivity index (χ1n) is 5.90. The van der Waals surface area contributed by atoms with Gasteiger partial charge in [-0.15, -0.1) is 0 Å². The van der Waals surface area contributed by atoms with E-state index in [2.05, 4.69) is 46.1 Å². The number of aliphatic carboxylic acids is 1. The fourth-order valence-corrected chi connectivity index (χ4v) is 2.84. The number of halogens is 1. The van der Waals surface area contributed by atoms with Crippen molar-refractivity contribution in [3.05, 3.63) is 27.8 Å². The summed E-state index contributed by atoms with van der Waals surface area (Å²) in [6, 6.07) is 8.69. The number of rotatable bonds is 3. The predicted molar refractivity (Wildman–Crippen MR) is 76.2 cm³/mol. The van der Waals surface area contributed by atoms with Crippen molar-refractivity contribution >= 4 is 34.2 Å². The van der Waals surface area contributed by atoms with Gasteiger partial charge in [-0.3, -0.25) is 4.79 Å². The number of carbonyl (C=O) groups is 1. The van der Waals surface area contributed by atoms with E-state index >= 15 is 0 Å². The summed E-state index contributed by atoms with van der Waals surface area (Å²) < 4.78 is 1.21. The molecule has 0 aromatic heterocycles. The largest absolute Gasteiger partial charge is 0.481 e. The Kier molecular flexibility index (Phi) is 4.25. The van der Waals surface area contributed by atoms with Gasteiger partial charge in [0.15, 0.2) is 0 Å². The molecule has 1 aliphatic rings. The van der Waals surface area contributed by atoms with Crippen LogP contribution in [0.25, 0.3) is 0 Å². The molecule has 2 N–H and O–H groups in total. The van der Waals surface area contributed by atoms with Crippen LogP contribution in [0.4, 0.5) is 5.69 Å². The normalized spacial score (nSPS) is 24.3. The van der Waals surface area contributed by atoms with Gasteiger partial charge >= 0.3 is 5.97 Å². The minimum atomic E-state index is -0.641. The number of benzene rings is 1. The lowest BCUT2D eigenvalue weighted by atomic mass is 9.86. The number of hydrogen-bond acceptors (Lipinski definition) is 2. The van der Waals surface area contributed by atoms with Crippen LogP contribution in [0.5, 0.6) is 0 Å². The van der Waals surface area contributed by atoms with Crippen LogP contribution in [-0.4, -0.2) is 17.1 Å². The van der Waals surface area contributed by atoms with E-state index in [1.54, 1.807) is 0 Å². The Morgan fingerprint density at radius 2 is 2.00 bits per heavy atom. The first-order valence-corrected chi connectivity index (χ1v) is 6.98. The molecule has 1 aromatic rings. The Bertz CT molecular complexity index is 400. The second-order valence-corrected chi connectivity index (χ2v) is 5.79. The second-order valence-electron chi connectivity index (χ2n) is 4.54. The van der Waals surface area contributed by atoms with Gasteiger partial charge < -0.3 is 10.4 Å². The fourth-order valence-electron chi connectivity index (χ4n) is 2.30. The quantitative estimate of drug-likeness (QED) is 0.826. The molecule has 0 radical (unpaired) electrons. The van der Waals surface area contributed by atoms with E-state index < -0.39 is 5.97 Å². The Labute approximate surface area is 115 Å². The summed E-state index contributed by atoms with van der Waals surface area (Å²) in [5.41, 5.74) is 1.13. The average molecular weight is 345 g/mol. The molecule has 0 saturated heterocycles. The van der Waals surface area contributed by atoms with E-state index in [0.29, 0.717) is 6.04 Å². The maximum atomic E-state index is 10.8. The standard InChI is InChI=1S/C13H16INO2/c14-10-2-1-3-12(8-10)15-11-6-4-9(5-7-11)13(16)17/h1-3,8-9,11,15H,4-7H2,(H,16,17). The zero-order chi connectivity index (χ0) is 12.3. The van der Waals surface area contributed by atoms with Crippen molar-refractivity contribution in [2.45, 2.75) is 31.7 Å². The number of carboxylic acids is 1. The molecule has 0 unspecified atom stereocenters. The van der Waals surface area contributed by atoms with Crippen molar-refractivity contribution in [2.24, 2.45) is 5.92 Å². The second kappa shape index (κ2) is 5.71. The highest BCUT2D eigenvalue weighted by Crippen LogP contribution is 2.27. The minimum absolute atomic E-state index is 0.135. The Hall–Kier alpha value is -0.780. The van der Waals surface area contributed by atoms with Crippen LogP contribution in [0.1, 0.15) is 25.7 Å². The fraction of sp³-hybridized carbons (Fsp3) is 0.462. The highest BCUT2D eigenvalue weighted by atomic mass is 127. The highest BCUT2D eigenvalue weighted by Gasteiger charge is 2.25. The average Bonchev–Trinajstić information content (AvgIpc) is 2.29. The van der Waals surface area contributed by atoms with Gasteiger partial charge in [-0.1, -0.05) is 6.07 Å². The molecular formula is C13H16INO2. The lowest BCUT2D eigenvalue weighted by Crippen LogP contribution is -2.29. The van der Waals surface area contributed by atoms with Crippen LogP contribution < -0.4 is 5.32 Å². The van der Waals surface area contributed by atoms with Gasteiger partial charge in [0, 0.05) is 15.3 Å². The van der Waals surface area contributed by atoms with Crippen LogP contribution in [0.2, 0.25) is 0 Å². The molecule has 1 fully saturated rings. The number of carboxylic acid groups (broad SMARTS) is 1. The Balaban J connectivity index is 1.88. The molecule has 2 rings (SSSR count). The number of anilines is 1. The van der Waals surface area contributed by atoms with Gasteiger partial charge in [0.05, 0.1) is 5.92 Å². The van der Waals surface area contributed by atoms with Crippen molar-refractivity contribution in [1.29, 1.82) is 0 Å². The summed E-state index contributed by atoms with van der Waals surface area (Å²) in [6.07, 6.45) is 3.47. The van der Waals surface area contributed by atoms with E-state index in [0.717, 1.165) is 31.4 Å².